The summed E-state index contributed by atoms with van der Waals surface area (Å²) in [6.45, 7) is 5.86. The highest BCUT2D eigenvalue weighted by atomic mass is 79.9. The number of ketones is 1. The van der Waals surface area contributed by atoms with Crippen LogP contribution in [0.4, 0.5) is 5.69 Å². The first kappa shape index (κ1) is 20.3. The predicted octanol–water partition coefficient (Wildman–Crippen LogP) is 5.56. The minimum atomic E-state index is -0.138. The summed E-state index contributed by atoms with van der Waals surface area (Å²) in [4.78, 5) is 15.8. The molecule has 0 bridgehead atoms. The highest BCUT2D eigenvalue weighted by molar-refractivity contribution is 9.11. The maximum atomic E-state index is 12.7. The first-order chi connectivity index (χ1) is 13.1. The highest BCUT2D eigenvalue weighted by Gasteiger charge is 2.28. The van der Waals surface area contributed by atoms with E-state index in [9.17, 15) is 4.79 Å². The van der Waals surface area contributed by atoms with Gasteiger partial charge in [0.15, 0.2) is 5.78 Å². The Kier molecular flexibility index (Phi) is 7.27. The molecule has 0 spiro atoms. The molecule has 5 heteroatoms. The number of carbonyl (C=O) groups excluding carboxylic acids is 1. The molecule has 0 saturated carbocycles. The smallest absolute Gasteiger partial charge is 0.195 e. The Hall–Kier alpha value is -1.43. The molecule has 0 radical (unpaired) electrons. The number of fused-ring (bicyclic) bond motifs is 1. The monoisotopic (exact) mass is 446 g/mol. The van der Waals surface area contributed by atoms with Crippen LogP contribution < -0.4 is 5.32 Å². The van der Waals surface area contributed by atoms with E-state index in [1.54, 1.807) is 0 Å². The quantitative estimate of drug-likeness (QED) is 0.294. The number of thiophene rings is 1. The fourth-order valence-corrected chi connectivity index (χ4v) is 4.93. The van der Waals surface area contributed by atoms with E-state index in [1.807, 2.05) is 18.2 Å². The normalized spacial score (nSPS) is 15.6. The lowest BCUT2D eigenvalue weighted by atomic mass is 10.0. The number of nitrogens with one attached hydrogen (secondary N) is 1. The second-order valence-corrected chi connectivity index (χ2v) is 9.69. The van der Waals surface area contributed by atoms with Crippen LogP contribution in [-0.4, -0.2) is 36.9 Å². The summed E-state index contributed by atoms with van der Waals surface area (Å²) in [6, 6.07) is 10.3. The zero-order valence-corrected chi connectivity index (χ0v) is 18.2. The molecule has 1 aliphatic heterocycles. The number of anilines is 1. The molecule has 1 aromatic carbocycles. The van der Waals surface area contributed by atoms with Gasteiger partial charge in [-0.15, -0.1) is 17.9 Å². The summed E-state index contributed by atoms with van der Waals surface area (Å²) in [6.07, 6.45) is 7.52. The number of unbranched alkanes of at least 4 members (excludes halogenated alkanes) is 2. The van der Waals surface area contributed by atoms with Crippen molar-refractivity contribution in [1.82, 2.24) is 4.90 Å². The fraction of sp³-hybridized carbons (Fsp3) is 0.409. The number of halogens is 1. The van der Waals surface area contributed by atoms with Gasteiger partial charge in [-0.25, -0.2) is 0 Å². The maximum absolute atomic E-state index is 12.7. The number of carbonyl (C=O) groups is 1. The topological polar surface area (TPSA) is 32.3 Å². The van der Waals surface area contributed by atoms with Crippen molar-refractivity contribution in [2.75, 3.05) is 25.5 Å². The Balaban J connectivity index is 1.48. The number of likely N-dealkylation sites (N-methyl/N-ethyl adjacent to an activating group) is 1. The standard InChI is InChI=1S/C22H27BrN2OS/c1-3-12-25(2)13-6-4-5-7-16-8-9-18-17(14-16)15-19(24-18)22(26)20-10-11-21(23)27-20/h3,8-11,14,19,24H,1,4-7,12-13,15H2,2H3. The van der Waals surface area contributed by atoms with Gasteiger partial charge in [0.1, 0.15) is 0 Å². The Morgan fingerprint density at radius 1 is 1.33 bits per heavy atom. The van der Waals surface area contributed by atoms with E-state index in [4.69, 9.17) is 0 Å². The van der Waals surface area contributed by atoms with Crippen molar-refractivity contribution in [2.24, 2.45) is 0 Å². The molecule has 0 amide bonds. The molecule has 1 aromatic heterocycles. The second kappa shape index (κ2) is 9.67. The van der Waals surface area contributed by atoms with Crippen molar-refractivity contribution in [3.05, 3.63) is 62.8 Å². The third-order valence-corrected chi connectivity index (χ3v) is 6.64. The van der Waals surface area contributed by atoms with Gasteiger partial charge < -0.3 is 10.2 Å². The van der Waals surface area contributed by atoms with Crippen molar-refractivity contribution >= 4 is 38.7 Å². The summed E-state index contributed by atoms with van der Waals surface area (Å²) in [5, 5.41) is 3.40. The third kappa shape index (κ3) is 5.53. The zero-order valence-electron chi connectivity index (χ0n) is 15.8. The molecule has 0 saturated heterocycles. The van der Waals surface area contributed by atoms with E-state index in [2.05, 4.69) is 58.0 Å². The molecule has 0 fully saturated rings. The lowest BCUT2D eigenvalue weighted by Crippen LogP contribution is -2.26. The van der Waals surface area contributed by atoms with E-state index in [0.717, 1.165) is 40.3 Å². The van der Waals surface area contributed by atoms with Crippen molar-refractivity contribution in [1.29, 1.82) is 0 Å². The number of benzene rings is 1. The van der Waals surface area contributed by atoms with Crippen LogP contribution in [0.15, 0.2) is 46.8 Å². The van der Waals surface area contributed by atoms with Gasteiger partial charge in [0.2, 0.25) is 0 Å². The Morgan fingerprint density at radius 3 is 2.93 bits per heavy atom. The number of Topliss-reactive ketones (excluding diaryl/α,β-unsaturated/α-hetero) is 1. The summed E-state index contributed by atoms with van der Waals surface area (Å²) in [7, 11) is 2.14. The molecule has 2 heterocycles. The van der Waals surface area contributed by atoms with Crippen molar-refractivity contribution in [3.8, 4) is 0 Å². The lowest BCUT2D eigenvalue weighted by molar-refractivity contribution is 0.0975. The molecular weight excluding hydrogens is 420 g/mol. The van der Waals surface area contributed by atoms with Gasteiger partial charge in [-0.2, -0.15) is 0 Å². The van der Waals surface area contributed by atoms with E-state index >= 15 is 0 Å². The number of hydrogen-bond donors (Lipinski definition) is 1. The van der Waals surface area contributed by atoms with Crippen molar-refractivity contribution in [3.63, 3.8) is 0 Å². The van der Waals surface area contributed by atoms with Crippen LogP contribution in [0.25, 0.3) is 0 Å². The van der Waals surface area contributed by atoms with Crippen LogP contribution >= 0.6 is 27.3 Å². The van der Waals surface area contributed by atoms with Gasteiger partial charge in [0.05, 0.1) is 14.7 Å². The first-order valence-electron chi connectivity index (χ1n) is 9.54. The van der Waals surface area contributed by atoms with Gasteiger partial charge in [-0.05, 0) is 78.1 Å². The molecule has 27 heavy (non-hydrogen) atoms. The van der Waals surface area contributed by atoms with Gasteiger partial charge in [0, 0.05) is 18.7 Å². The summed E-state index contributed by atoms with van der Waals surface area (Å²) < 4.78 is 0.999. The SMILES string of the molecule is C=CCN(C)CCCCCc1ccc2c(c1)CC(C(=O)c1ccc(Br)s1)N2. The summed E-state index contributed by atoms with van der Waals surface area (Å²) in [5.74, 6) is 0.187. The number of hydrogen-bond acceptors (Lipinski definition) is 4. The van der Waals surface area contributed by atoms with Gasteiger partial charge in [0.25, 0.3) is 0 Å². The predicted molar refractivity (Wildman–Crippen MR) is 119 cm³/mol. The minimum Gasteiger partial charge on any atom is -0.374 e. The van der Waals surface area contributed by atoms with Gasteiger partial charge in [-0.1, -0.05) is 24.6 Å². The highest BCUT2D eigenvalue weighted by Crippen LogP contribution is 2.31. The van der Waals surface area contributed by atoms with E-state index in [0.29, 0.717) is 0 Å². The molecule has 1 atom stereocenters. The van der Waals surface area contributed by atoms with Crippen LogP contribution in [0, 0.1) is 0 Å². The number of nitrogens with zero attached hydrogens (tertiary/aromatic N) is 1. The Bertz CT molecular complexity index is 801. The number of rotatable bonds is 10. The molecule has 3 nitrogen and oxygen atoms in total. The minimum absolute atomic E-state index is 0.138. The van der Waals surface area contributed by atoms with E-state index in [-0.39, 0.29) is 11.8 Å². The van der Waals surface area contributed by atoms with Crippen LogP contribution in [0.2, 0.25) is 0 Å². The fourth-order valence-electron chi connectivity index (χ4n) is 3.55. The van der Waals surface area contributed by atoms with E-state index in [1.165, 1.54) is 41.7 Å². The third-order valence-electron chi connectivity index (χ3n) is 5.00. The summed E-state index contributed by atoms with van der Waals surface area (Å²) >= 11 is 4.94. The average Bonchev–Trinajstić information content (AvgIpc) is 3.27. The molecule has 0 aliphatic carbocycles. The largest absolute Gasteiger partial charge is 0.374 e. The number of aryl methyl sites for hydroxylation is 1. The molecule has 1 unspecified atom stereocenters. The van der Waals surface area contributed by atoms with Crippen LogP contribution in [-0.2, 0) is 12.8 Å². The average molecular weight is 447 g/mol. The molecule has 2 aromatic rings. The zero-order chi connectivity index (χ0) is 19.2. The van der Waals surface area contributed by atoms with Crippen LogP contribution in [0.1, 0.15) is 40.1 Å². The van der Waals surface area contributed by atoms with E-state index < -0.39 is 0 Å². The molecule has 1 N–H and O–H groups in total. The molecule has 3 rings (SSSR count). The Morgan fingerprint density at radius 2 is 2.19 bits per heavy atom. The van der Waals surface area contributed by atoms with Crippen LogP contribution in [0.5, 0.6) is 0 Å². The molecule has 144 valence electrons. The maximum Gasteiger partial charge on any atom is 0.195 e. The molecular formula is C22H27BrN2OS. The van der Waals surface area contributed by atoms with Crippen molar-refractivity contribution < 1.29 is 4.79 Å². The second-order valence-electron chi connectivity index (χ2n) is 7.22. The summed E-state index contributed by atoms with van der Waals surface area (Å²) in [5.41, 5.74) is 3.76. The molecule has 1 aliphatic rings. The lowest BCUT2D eigenvalue weighted by Gasteiger charge is -2.13. The van der Waals surface area contributed by atoms with Gasteiger partial charge >= 0.3 is 0 Å². The first-order valence-corrected chi connectivity index (χ1v) is 11.1. The van der Waals surface area contributed by atoms with Gasteiger partial charge in [-0.3, -0.25) is 4.79 Å². The van der Waals surface area contributed by atoms with Crippen molar-refractivity contribution in [2.45, 2.75) is 38.1 Å². The van der Waals surface area contributed by atoms with Crippen LogP contribution in [0.3, 0.4) is 0 Å². The Labute approximate surface area is 174 Å².